The van der Waals surface area contributed by atoms with Crippen molar-refractivity contribution in [3.05, 3.63) is 59.4 Å². The lowest BCUT2D eigenvalue weighted by Gasteiger charge is -2.16. The highest BCUT2D eigenvalue weighted by molar-refractivity contribution is 6.30. The van der Waals surface area contributed by atoms with Crippen LogP contribution in [-0.4, -0.2) is 32.8 Å². The second-order valence-corrected chi connectivity index (χ2v) is 7.49. The van der Waals surface area contributed by atoms with Crippen LogP contribution in [0.4, 0.5) is 16.2 Å². The smallest absolute Gasteiger partial charge is 0.228 e. The van der Waals surface area contributed by atoms with Crippen LogP contribution in [0.25, 0.3) is 28.0 Å². The van der Waals surface area contributed by atoms with Gasteiger partial charge < -0.3 is 10.6 Å². The largest absolute Gasteiger partial charge is 0.383 e. The minimum absolute atomic E-state index is 0.320. The highest BCUT2D eigenvalue weighted by Gasteiger charge is 2.23. The number of nitrogens with zero attached hydrogens (tertiary/aromatic N) is 5. The Morgan fingerprint density at radius 2 is 1.76 bits per heavy atom. The lowest BCUT2D eigenvalue weighted by molar-refractivity contribution is 0.627. The van der Waals surface area contributed by atoms with Gasteiger partial charge in [0.1, 0.15) is 11.6 Å². The SMILES string of the molecule is Nc1c2c(-c3cccc(Cl)c3)nc(N3CCCC3)nc2nn1-c1ccc(F)cc1. The molecule has 2 aromatic carbocycles. The molecular weight excluding hydrogens is 391 g/mol. The van der Waals surface area contributed by atoms with Crippen LogP contribution < -0.4 is 10.6 Å². The molecule has 0 aliphatic carbocycles. The number of hydrogen-bond donors (Lipinski definition) is 1. The number of hydrogen-bond acceptors (Lipinski definition) is 5. The normalized spacial score (nSPS) is 14.1. The molecule has 4 aromatic rings. The van der Waals surface area contributed by atoms with Gasteiger partial charge in [-0.1, -0.05) is 23.7 Å². The van der Waals surface area contributed by atoms with Crippen LogP contribution in [0.1, 0.15) is 12.8 Å². The molecule has 6 nitrogen and oxygen atoms in total. The topological polar surface area (TPSA) is 72.9 Å². The van der Waals surface area contributed by atoms with E-state index in [2.05, 4.69) is 15.0 Å². The fraction of sp³-hybridized carbons (Fsp3) is 0.190. The Morgan fingerprint density at radius 1 is 1.00 bits per heavy atom. The average molecular weight is 409 g/mol. The van der Waals surface area contributed by atoms with Crippen LogP contribution in [0.3, 0.4) is 0 Å². The Morgan fingerprint density at radius 3 is 2.48 bits per heavy atom. The predicted octanol–water partition coefficient (Wildman–Crippen LogP) is 4.46. The number of rotatable bonds is 3. The van der Waals surface area contributed by atoms with Crippen LogP contribution in [0.5, 0.6) is 0 Å². The van der Waals surface area contributed by atoms with Crippen LogP contribution >= 0.6 is 11.6 Å². The molecule has 29 heavy (non-hydrogen) atoms. The second kappa shape index (κ2) is 7.00. The van der Waals surface area contributed by atoms with E-state index in [1.165, 1.54) is 12.1 Å². The highest BCUT2D eigenvalue weighted by atomic mass is 35.5. The van der Waals surface area contributed by atoms with Gasteiger partial charge in [0.15, 0.2) is 5.65 Å². The molecule has 146 valence electrons. The molecular formula is C21H18ClFN6. The molecule has 2 aromatic heterocycles. The summed E-state index contributed by atoms with van der Waals surface area (Å²) >= 11 is 6.23. The van der Waals surface area contributed by atoms with Gasteiger partial charge in [-0.15, -0.1) is 5.10 Å². The first-order valence-corrected chi connectivity index (χ1v) is 9.81. The van der Waals surface area contributed by atoms with Crippen molar-refractivity contribution in [1.29, 1.82) is 0 Å². The van der Waals surface area contributed by atoms with Gasteiger partial charge in [0, 0.05) is 23.7 Å². The van der Waals surface area contributed by atoms with Gasteiger partial charge >= 0.3 is 0 Å². The van der Waals surface area contributed by atoms with Gasteiger partial charge in [-0.05, 0) is 49.2 Å². The summed E-state index contributed by atoms with van der Waals surface area (Å²) in [6.45, 7) is 1.82. The molecule has 8 heteroatoms. The fourth-order valence-corrected chi connectivity index (χ4v) is 3.87. The summed E-state index contributed by atoms with van der Waals surface area (Å²) in [5.41, 5.74) is 9.15. The standard InChI is InChI=1S/C21H18ClFN6/c22-14-5-3-4-13(12-14)18-17-19(24)29(16-8-6-15(23)7-9-16)27-20(17)26-21(25-18)28-10-1-2-11-28/h3-9,12H,1-2,10-11,24H2. The van der Waals surface area contributed by atoms with Crippen molar-refractivity contribution in [2.45, 2.75) is 12.8 Å². The number of aromatic nitrogens is 4. The van der Waals surface area contributed by atoms with Crippen LogP contribution in [0, 0.1) is 5.82 Å². The fourth-order valence-electron chi connectivity index (χ4n) is 3.68. The molecule has 0 spiro atoms. The van der Waals surface area contributed by atoms with E-state index in [1.807, 2.05) is 24.3 Å². The molecule has 0 unspecified atom stereocenters. The Hall–Kier alpha value is -3.19. The van der Waals surface area contributed by atoms with E-state index in [9.17, 15) is 4.39 Å². The first-order chi connectivity index (χ1) is 14.1. The van der Waals surface area contributed by atoms with Crippen LogP contribution in [-0.2, 0) is 0 Å². The molecule has 0 saturated carbocycles. The van der Waals surface area contributed by atoms with E-state index in [0.717, 1.165) is 31.5 Å². The van der Waals surface area contributed by atoms with Crippen molar-refractivity contribution >= 4 is 34.4 Å². The summed E-state index contributed by atoms with van der Waals surface area (Å²) in [5, 5.41) is 5.88. The van der Waals surface area contributed by atoms with E-state index in [-0.39, 0.29) is 5.82 Å². The van der Waals surface area contributed by atoms with Gasteiger partial charge in [-0.25, -0.2) is 14.1 Å². The van der Waals surface area contributed by atoms with E-state index in [4.69, 9.17) is 22.3 Å². The summed E-state index contributed by atoms with van der Waals surface area (Å²) < 4.78 is 14.9. The van der Waals surface area contributed by atoms with Crippen molar-refractivity contribution in [1.82, 2.24) is 19.7 Å². The molecule has 0 bridgehead atoms. The van der Waals surface area contributed by atoms with Crippen molar-refractivity contribution in [3.63, 3.8) is 0 Å². The zero-order valence-corrected chi connectivity index (χ0v) is 16.3. The van der Waals surface area contributed by atoms with Crippen LogP contribution in [0.2, 0.25) is 5.02 Å². The van der Waals surface area contributed by atoms with E-state index >= 15 is 0 Å². The lowest BCUT2D eigenvalue weighted by atomic mass is 10.1. The van der Waals surface area contributed by atoms with Gasteiger partial charge in [0.25, 0.3) is 0 Å². The van der Waals surface area contributed by atoms with Gasteiger partial charge in [0.2, 0.25) is 5.95 Å². The molecule has 0 amide bonds. The van der Waals surface area contributed by atoms with Crippen molar-refractivity contribution in [2.75, 3.05) is 23.7 Å². The molecule has 3 heterocycles. The summed E-state index contributed by atoms with van der Waals surface area (Å²) in [7, 11) is 0. The maximum Gasteiger partial charge on any atom is 0.228 e. The Balaban J connectivity index is 1.76. The molecule has 1 aliphatic rings. The van der Waals surface area contributed by atoms with Crippen LogP contribution in [0.15, 0.2) is 48.5 Å². The molecule has 0 radical (unpaired) electrons. The third-order valence-corrected chi connectivity index (χ3v) is 5.35. The average Bonchev–Trinajstić information content (AvgIpc) is 3.37. The summed E-state index contributed by atoms with van der Waals surface area (Å²) in [6, 6.07) is 13.5. The lowest BCUT2D eigenvalue weighted by Crippen LogP contribution is -2.20. The maximum atomic E-state index is 13.4. The number of halogens is 2. The summed E-state index contributed by atoms with van der Waals surface area (Å²) in [6.07, 6.45) is 2.22. The Labute approximate surface area is 171 Å². The number of benzene rings is 2. The summed E-state index contributed by atoms with van der Waals surface area (Å²) in [5.74, 6) is 0.711. The maximum absolute atomic E-state index is 13.4. The first kappa shape index (κ1) is 17.9. The van der Waals surface area contributed by atoms with Gasteiger partial charge in [0.05, 0.1) is 16.8 Å². The number of nitrogen functional groups attached to an aromatic ring is 1. The molecule has 1 saturated heterocycles. The minimum atomic E-state index is -0.320. The molecule has 1 aliphatic heterocycles. The highest BCUT2D eigenvalue weighted by Crippen LogP contribution is 2.34. The zero-order chi connectivity index (χ0) is 20.0. The van der Waals surface area contributed by atoms with E-state index in [0.29, 0.717) is 39.2 Å². The van der Waals surface area contributed by atoms with E-state index < -0.39 is 0 Å². The second-order valence-electron chi connectivity index (χ2n) is 7.05. The molecule has 1 fully saturated rings. The number of fused-ring (bicyclic) bond motifs is 1. The van der Waals surface area contributed by atoms with Crippen molar-refractivity contribution in [3.8, 4) is 16.9 Å². The predicted molar refractivity (Wildman–Crippen MR) is 113 cm³/mol. The number of nitrogens with two attached hydrogens (primary N) is 1. The third kappa shape index (κ3) is 3.17. The quantitative estimate of drug-likeness (QED) is 0.542. The monoisotopic (exact) mass is 408 g/mol. The van der Waals surface area contributed by atoms with E-state index in [1.54, 1.807) is 16.8 Å². The minimum Gasteiger partial charge on any atom is -0.383 e. The molecule has 0 atom stereocenters. The van der Waals surface area contributed by atoms with Crippen molar-refractivity contribution < 1.29 is 4.39 Å². The number of anilines is 2. The molecule has 5 rings (SSSR count). The van der Waals surface area contributed by atoms with Gasteiger partial charge in [-0.3, -0.25) is 0 Å². The Kier molecular flexibility index (Phi) is 4.32. The van der Waals surface area contributed by atoms with Crippen molar-refractivity contribution in [2.24, 2.45) is 0 Å². The Bertz CT molecular complexity index is 1200. The summed E-state index contributed by atoms with van der Waals surface area (Å²) in [4.78, 5) is 11.7. The first-order valence-electron chi connectivity index (χ1n) is 9.43. The zero-order valence-electron chi connectivity index (χ0n) is 15.5. The van der Waals surface area contributed by atoms with Gasteiger partial charge in [-0.2, -0.15) is 4.98 Å². The third-order valence-electron chi connectivity index (χ3n) is 5.12. The molecule has 2 N–H and O–H groups in total.